The van der Waals surface area contributed by atoms with E-state index in [9.17, 15) is 9.59 Å². The molecule has 0 aromatic heterocycles. The molecule has 0 saturated heterocycles. The molecule has 0 radical (unpaired) electrons. The molecule has 4 aromatic rings. The van der Waals surface area contributed by atoms with E-state index in [1.54, 1.807) is 34.1 Å². The average Bonchev–Trinajstić information content (AvgIpc) is 3.42. The number of benzene rings is 4. The Morgan fingerprint density at radius 1 is 0.575 bits per heavy atom. The predicted octanol–water partition coefficient (Wildman–Crippen LogP) is 5.26. The first-order chi connectivity index (χ1) is 19.6. The number of nitriles is 2. The lowest BCUT2D eigenvalue weighted by atomic mass is 10.1. The number of rotatable bonds is 7. The van der Waals surface area contributed by atoms with Gasteiger partial charge < -0.3 is 20.4 Å². The molecule has 2 amide bonds. The van der Waals surface area contributed by atoms with Crippen molar-refractivity contribution in [1.82, 2.24) is 9.80 Å². The topological polar surface area (TPSA) is 112 Å². The third-order valence-electron chi connectivity index (χ3n) is 7.33. The van der Waals surface area contributed by atoms with E-state index in [0.29, 0.717) is 35.3 Å². The Kier molecular flexibility index (Phi) is 6.35. The number of carbonyl (C=O) groups excluding carboxylic acids is 2. The third kappa shape index (κ3) is 4.38. The number of hydrogen-bond acceptors (Lipinski definition) is 6. The molecule has 2 aliphatic rings. The van der Waals surface area contributed by atoms with Gasteiger partial charge in [0.05, 0.1) is 23.3 Å². The minimum absolute atomic E-state index is 0.109. The molecule has 8 nitrogen and oxygen atoms in total. The van der Waals surface area contributed by atoms with Crippen molar-refractivity contribution in [2.75, 3.05) is 23.7 Å². The second-order valence-electron chi connectivity index (χ2n) is 9.64. The molecule has 40 heavy (non-hydrogen) atoms. The second-order valence-corrected chi connectivity index (χ2v) is 9.64. The average molecular weight is 525 g/mol. The molecule has 8 heteroatoms. The molecule has 4 aromatic carbocycles. The second kappa shape index (κ2) is 10.3. The first-order valence-electron chi connectivity index (χ1n) is 12.9. The van der Waals surface area contributed by atoms with Crippen LogP contribution in [0.4, 0.5) is 11.4 Å². The van der Waals surface area contributed by atoms with Gasteiger partial charge in [0.1, 0.15) is 12.3 Å². The van der Waals surface area contributed by atoms with Crippen LogP contribution >= 0.6 is 0 Å². The SMILES string of the molecule is N#Cc1ccc(N[C@H]2c3ccccc3C(=O)N2CCN2C(=O)c3ccccc3[C@@H]2Nc2ccc(C#N)cc2)cc1. The van der Waals surface area contributed by atoms with Crippen LogP contribution in [0, 0.1) is 22.7 Å². The van der Waals surface area contributed by atoms with Crippen LogP contribution in [0.1, 0.15) is 55.3 Å². The van der Waals surface area contributed by atoms with E-state index in [-0.39, 0.29) is 11.8 Å². The molecular weight excluding hydrogens is 500 g/mol. The molecule has 0 bridgehead atoms. The highest BCUT2D eigenvalue weighted by atomic mass is 16.2. The van der Waals surface area contributed by atoms with Crippen LogP contribution < -0.4 is 10.6 Å². The highest BCUT2D eigenvalue weighted by Gasteiger charge is 2.40. The number of fused-ring (bicyclic) bond motifs is 2. The van der Waals surface area contributed by atoms with Crippen LogP contribution in [0.5, 0.6) is 0 Å². The van der Waals surface area contributed by atoms with Gasteiger partial charge in [-0.2, -0.15) is 10.5 Å². The first-order valence-corrected chi connectivity index (χ1v) is 12.9. The van der Waals surface area contributed by atoms with Crippen molar-refractivity contribution in [3.63, 3.8) is 0 Å². The van der Waals surface area contributed by atoms with Gasteiger partial charge in [0, 0.05) is 46.7 Å². The minimum atomic E-state index is -0.429. The fraction of sp³-hybridized carbons (Fsp3) is 0.125. The molecule has 2 N–H and O–H groups in total. The van der Waals surface area contributed by atoms with Gasteiger partial charge >= 0.3 is 0 Å². The van der Waals surface area contributed by atoms with Crippen molar-refractivity contribution in [2.24, 2.45) is 0 Å². The number of nitrogens with zero attached hydrogens (tertiary/aromatic N) is 4. The summed E-state index contributed by atoms with van der Waals surface area (Å²) in [5.74, 6) is -0.218. The van der Waals surface area contributed by atoms with Gasteiger partial charge in [-0.25, -0.2) is 0 Å². The van der Waals surface area contributed by atoms with Gasteiger partial charge in [-0.1, -0.05) is 36.4 Å². The van der Waals surface area contributed by atoms with E-state index in [1.165, 1.54) is 0 Å². The largest absolute Gasteiger partial charge is 0.361 e. The Hall–Kier alpha value is -5.60. The Morgan fingerprint density at radius 3 is 1.32 bits per heavy atom. The van der Waals surface area contributed by atoms with Crippen molar-refractivity contribution >= 4 is 23.2 Å². The smallest absolute Gasteiger partial charge is 0.256 e. The molecule has 0 saturated carbocycles. The first kappa shape index (κ1) is 24.7. The number of anilines is 2. The molecule has 2 aliphatic heterocycles. The lowest BCUT2D eigenvalue weighted by molar-refractivity contribution is 0.0634. The summed E-state index contributed by atoms with van der Waals surface area (Å²) in [5.41, 5.74) is 5.64. The number of hydrogen-bond donors (Lipinski definition) is 2. The fourth-order valence-corrected chi connectivity index (χ4v) is 5.33. The van der Waals surface area contributed by atoms with Crippen LogP contribution in [-0.4, -0.2) is 34.7 Å². The third-order valence-corrected chi connectivity index (χ3v) is 7.33. The zero-order valence-corrected chi connectivity index (χ0v) is 21.4. The predicted molar refractivity (Wildman–Crippen MR) is 150 cm³/mol. The summed E-state index contributed by atoms with van der Waals surface area (Å²) in [5, 5.41) is 25.2. The van der Waals surface area contributed by atoms with Crippen LogP contribution in [0.2, 0.25) is 0 Å². The quantitative estimate of drug-likeness (QED) is 0.341. The molecule has 194 valence electrons. The van der Waals surface area contributed by atoms with Crippen LogP contribution in [0.25, 0.3) is 0 Å². The Balaban J connectivity index is 1.27. The number of amides is 2. The van der Waals surface area contributed by atoms with E-state index >= 15 is 0 Å². The number of carbonyl (C=O) groups is 2. The van der Waals surface area contributed by atoms with Crippen LogP contribution in [-0.2, 0) is 0 Å². The summed E-state index contributed by atoms with van der Waals surface area (Å²) in [6.07, 6.45) is -0.858. The monoisotopic (exact) mass is 524 g/mol. The van der Waals surface area contributed by atoms with Gasteiger partial charge in [-0.15, -0.1) is 0 Å². The summed E-state index contributed by atoms with van der Waals surface area (Å²) in [6, 6.07) is 33.4. The van der Waals surface area contributed by atoms with E-state index in [1.807, 2.05) is 72.8 Å². The molecular formula is C32H24N6O2. The summed E-state index contributed by atoms with van der Waals surface area (Å²) in [4.78, 5) is 30.6. The standard InChI is InChI=1S/C32H24N6O2/c33-19-21-9-13-23(14-10-21)35-29-25-5-1-3-7-27(25)31(39)37(29)17-18-38-30(26-6-2-4-8-28(26)32(38)40)36-24-15-11-22(20-34)12-16-24/h1-16,29-30,35-36H,17-18H2/t29-,30-/m1/s1. The van der Waals surface area contributed by atoms with Crippen molar-refractivity contribution in [3.05, 3.63) is 130 Å². The summed E-state index contributed by atoms with van der Waals surface area (Å²) in [6.45, 7) is 0.597. The lowest BCUT2D eigenvalue weighted by Crippen LogP contribution is -2.42. The Labute approximate surface area is 231 Å². The molecule has 0 fully saturated rings. The highest BCUT2D eigenvalue weighted by Crippen LogP contribution is 2.37. The van der Waals surface area contributed by atoms with Crippen LogP contribution in [0.3, 0.4) is 0 Å². The number of nitrogens with one attached hydrogen (secondary N) is 2. The molecule has 2 atom stereocenters. The zero-order valence-electron chi connectivity index (χ0n) is 21.4. The zero-order chi connectivity index (χ0) is 27.6. The van der Waals surface area contributed by atoms with Crippen molar-refractivity contribution in [2.45, 2.75) is 12.3 Å². The van der Waals surface area contributed by atoms with Crippen molar-refractivity contribution in [3.8, 4) is 12.1 Å². The van der Waals surface area contributed by atoms with Crippen molar-refractivity contribution < 1.29 is 9.59 Å². The maximum atomic E-state index is 13.5. The normalized spacial score (nSPS) is 17.1. The Morgan fingerprint density at radius 2 is 0.950 bits per heavy atom. The van der Waals surface area contributed by atoms with Gasteiger partial charge in [0.15, 0.2) is 0 Å². The maximum Gasteiger partial charge on any atom is 0.256 e. The van der Waals surface area contributed by atoms with Gasteiger partial charge in [0.25, 0.3) is 11.8 Å². The van der Waals surface area contributed by atoms with Crippen molar-refractivity contribution in [1.29, 1.82) is 10.5 Å². The molecule has 6 rings (SSSR count). The maximum absolute atomic E-state index is 13.5. The lowest BCUT2D eigenvalue weighted by Gasteiger charge is -2.32. The summed E-state index contributed by atoms with van der Waals surface area (Å²) >= 11 is 0. The Bertz CT molecular complexity index is 1560. The van der Waals surface area contributed by atoms with E-state index in [4.69, 9.17) is 10.5 Å². The molecule has 0 unspecified atom stereocenters. The van der Waals surface area contributed by atoms with Crippen LogP contribution in [0.15, 0.2) is 97.1 Å². The molecule has 0 spiro atoms. The molecule has 2 heterocycles. The van der Waals surface area contributed by atoms with E-state index in [0.717, 1.165) is 22.5 Å². The fourth-order valence-electron chi connectivity index (χ4n) is 5.33. The highest BCUT2D eigenvalue weighted by molar-refractivity contribution is 6.00. The van der Waals surface area contributed by atoms with Gasteiger partial charge in [-0.3, -0.25) is 9.59 Å². The summed E-state index contributed by atoms with van der Waals surface area (Å²) < 4.78 is 0. The molecule has 0 aliphatic carbocycles. The van der Waals surface area contributed by atoms with Gasteiger partial charge in [-0.05, 0) is 60.7 Å². The van der Waals surface area contributed by atoms with E-state index in [2.05, 4.69) is 22.8 Å². The summed E-state index contributed by atoms with van der Waals surface area (Å²) in [7, 11) is 0. The van der Waals surface area contributed by atoms with E-state index < -0.39 is 12.3 Å². The van der Waals surface area contributed by atoms with Gasteiger partial charge in [0.2, 0.25) is 0 Å². The minimum Gasteiger partial charge on any atom is -0.361 e.